The quantitative estimate of drug-likeness (QED) is 0.897. The first-order valence-corrected chi connectivity index (χ1v) is 8.17. The normalized spacial score (nSPS) is 24.7. The predicted molar refractivity (Wildman–Crippen MR) is 79.8 cm³/mol. The van der Waals surface area contributed by atoms with Crippen LogP contribution in [0.25, 0.3) is 4.96 Å². The molecule has 0 aliphatic carbocycles. The van der Waals surface area contributed by atoms with Crippen LogP contribution in [0.1, 0.15) is 18.5 Å². The summed E-state index contributed by atoms with van der Waals surface area (Å²) in [5.41, 5.74) is 0.234. The Kier molecular flexibility index (Phi) is 3.07. The fraction of sp³-hybridized carbons (Fsp3) is 0.500. The molecule has 1 spiro atoms. The van der Waals surface area contributed by atoms with Gasteiger partial charge in [-0.05, 0) is 12.8 Å². The van der Waals surface area contributed by atoms with Gasteiger partial charge in [-0.15, -0.1) is 11.3 Å². The molecule has 2 aliphatic rings. The van der Waals surface area contributed by atoms with E-state index in [0.29, 0.717) is 19.6 Å². The number of fused-ring (bicyclic) bond motifs is 1. The molecule has 22 heavy (non-hydrogen) atoms. The predicted octanol–water partition coefficient (Wildman–Crippen LogP) is 1.04. The minimum Gasteiger partial charge on any atom is -0.439 e. The van der Waals surface area contributed by atoms with E-state index in [1.165, 1.54) is 0 Å². The number of piperidine rings is 1. The average Bonchev–Trinajstić information content (AvgIpc) is 3.15. The Morgan fingerprint density at radius 3 is 3.23 bits per heavy atom. The molecule has 0 radical (unpaired) electrons. The third kappa shape index (κ3) is 2.33. The highest BCUT2D eigenvalue weighted by Crippen LogP contribution is 2.28. The summed E-state index contributed by atoms with van der Waals surface area (Å²) in [5.74, 6) is 0.0350. The molecule has 0 aromatic carbocycles. The third-order valence-electron chi connectivity index (χ3n) is 4.23. The van der Waals surface area contributed by atoms with Crippen molar-refractivity contribution in [3.8, 4) is 0 Å². The Balaban J connectivity index is 1.45. The summed E-state index contributed by atoms with van der Waals surface area (Å²) in [6, 6.07) is 0. The summed E-state index contributed by atoms with van der Waals surface area (Å²) in [5, 5.41) is 4.65. The lowest BCUT2D eigenvalue weighted by Crippen LogP contribution is -2.52. The van der Waals surface area contributed by atoms with Crippen molar-refractivity contribution in [2.24, 2.45) is 0 Å². The molecule has 2 aromatic heterocycles. The minimum absolute atomic E-state index is 0.0350. The van der Waals surface area contributed by atoms with E-state index >= 15 is 0 Å². The van der Waals surface area contributed by atoms with Crippen molar-refractivity contribution >= 4 is 28.3 Å². The van der Waals surface area contributed by atoms with Crippen LogP contribution in [0.15, 0.2) is 17.8 Å². The van der Waals surface area contributed by atoms with Crippen LogP contribution in [0.5, 0.6) is 0 Å². The molecule has 2 fully saturated rings. The first-order chi connectivity index (χ1) is 10.6. The molecule has 2 aromatic rings. The number of aromatic nitrogens is 2. The number of nitrogens with one attached hydrogen (secondary N) is 1. The van der Waals surface area contributed by atoms with Crippen molar-refractivity contribution < 1.29 is 14.3 Å². The molecule has 1 atom stereocenters. The number of amides is 2. The van der Waals surface area contributed by atoms with Gasteiger partial charge in [0.25, 0.3) is 0 Å². The molecule has 2 aliphatic heterocycles. The molecule has 1 N–H and O–H groups in total. The molecular formula is C14H16N4O3S. The van der Waals surface area contributed by atoms with Crippen LogP contribution in [0, 0.1) is 0 Å². The summed E-state index contributed by atoms with van der Waals surface area (Å²) < 4.78 is 7.32. The van der Waals surface area contributed by atoms with E-state index in [0.717, 1.165) is 23.5 Å². The van der Waals surface area contributed by atoms with Crippen molar-refractivity contribution in [2.45, 2.75) is 24.9 Å². The zero-order valence-corrected chi connectivity index (χ0v) is 12.8. The largest absolute Gasteiger partial charge is 0.439 e. The van der Waals surface area contributed by atoms with Crippen LogP contribution in [-0.4, -0.2) is 51.5 Å². The lowest BCUT2D eigenvalue weighted by molar-refractivity contribution is -0.136. The highest BCUT2D eigenvalue weighted by Gasteiger charge is 2.44. The third-order valence-corrected chi connectivity index (χ3v) is 5.00. The van der Waals surface area contributed by atoms with Gasteiger partial charge in [0.1, 0.15) is 5.60 Å². The number of likely N-dealkylation sites (tertiary alicyclic amines) is 1. The van der Waals surface area contributed by atoms with E-state index in [4.69, 9.17) is 4.74 Å². The summed E-state index contributed by atoms with van der Waals surface area (Å²) >= 11 is 1.55. The summed E-state index contributed by atoms with van der Waals surface area (Å²) in [6.07, 6.45) is 5.37. The first kappa shape index (κ1) is 13.6. The number of alkyl carbamates (subject to hydrolysis) is 1. The van der Waals surface area contributed by atoms with Crippen molar-refractivity contribution in [2.75, 3.05) is 19.6 Å². The van der Waals surface area contributed by atoms with E-state index in [-0.39, 0.29) is 18.4 Å². The Hall–Kier alpha value is -2.09. The standard InChI is InChI=1S/C14H16N4O3S/c19-11(6-10-7-17-4-5-22-12(17)16-10)18-3-1-2-14(9-18)8-15-13(20)21-14/h4-5,7H,1-3,6,8-9H2,(H,15,20)/t14-/m1/s1. The van der Waals surface area contributed by atoms with Crippen molar-refractivity contribution in [3.05, 3.63) is 23.5 Å². The highest BCUT2D eigenvalue weighted by molar-refractivity contribution is 7.15. The maximum atomic E-state index is 12.5. The van der Waals surface area contributed by atoms with Crippen molar-refractivity contribution in [3.63, 3.8) is 0 Å². The van der Waals surface area contributed by atoms with Crippen LogP contribution < -0.4 is 5.32 Å². The van der Waals surface area contributed by atoms with Crippen LogP contribution in [0.4, 0.5) is 4.79 Å². The van der Waals surface area contributed by atoms with Crippen LogP contribution in [0.3, 0.4) is 0 Å². The number of hydrogen-bond acceptors (Lipinski definition) is 5. The van der Waals surface area contributed by atoms with Crippen molar-refractivity contribution in [1.29, 1.82) is 0 Å². The van der Waals surface area contributed by atoms with E-state index in [9.17, 15) is 9.59 Å². The van der Waals surface area contributed by atoms with E-state index in [1.54, 1.807) is 16.2 Å². The molecule has 0 bridgehead atoms. The monoisotopic (exact) mass is 320 g/mol. The Morgan fingerprint density at radius 1 is 1.55 bits per heavy atom. The van der Waals surface area contributed by atoms with Gasteiger partial charge in [0.15, 0.2) is 4.96 Å². The van der Waals surface area contributed by atoms with Gasteiger partial charge in [-0.2, -0.15) is 0 Å². The number of nitrogens with zero attached hydrogens (tertiary/aromatic N) is 3. The molecule has 4 rings (SSSR count). The zero-order valence-electron chi connectivity index (χ0n) is 11.9. The topological polar surface area (TPSA) is 75.9 Å². The minimum atomic E-state index is -0.542. The summed E-state index contributed by atoms with van der Waals surface area (Å²) in [7, 11) is 0. The van der Waals surface area contributed by atoms with Gasteiger partial charge < -0.3 is 15.0 Å². The average molecular weight is 320 g/mol. The molecule has 4 heterocycles. The lowest BCUT2D eigenvalue weighted by atomic mass is 9.93. The number of imidazole rings is 1. The van der Waals surface area contributed by atoms with E-state index in [2.05, 4.69) is 10.3 Å². The second-order valence-electron chi connectivity index (χ2n) is 5.85. The van der Waals surface area contributed by atoms with Gasteiger partial charge in [-0.1, -0.05) is 0 Å². The second kappa shape index (κ2) is 4.98. The maximum Gasteiger partial charge on any atom is 0.407 e. The number of rotatable bonds is 2. The fourth-order valence-corrected chi connectivity index (χ4v) is 3.89. The zero-order chi connectivity index (χ0) is 15.2. The fourth-order valence-electron chi connectivity index (χ4n) is 3.17. The van der Waals surface area contributed by atoms with Crippen LogP contribution >= 0.6 is 11.3 Å². The summed E-state index contributed by atoms with van der Waals surface area (Å²) in [4.78, 5) is 30.9. The smallest absolute Gasteiger partial charge is 0.407 e. The SMILES string of the molecule is O=C1NC[C@@]2(CCCN(C(=O)Cc3cn4ccsc4n3)C2)O1. The molecule has 2 amide bonds. The molecule has 7 nitrogen and oxygen atoms in total. The number of ether oxygens (including phenoxy) is 1. The number of carbonyl (C=O) groups is 2. The van der Waals surface area contributed by atoms with Crippen LogP contribution in [-0.2, 0) is 16.0 Å². The van der Waals surface area contributed by atoms with Gasteiger partial charge in [0.05, 0.1) is 25.2 Å². The molecule has 0 saturated carbocycles. The van der Waals surface area contributed by atoms with E-state index < -0.39 is 5.60 Å². The Labute approximate surface area is 130 Å². The molecule has 8 heteroatoms. The summed E-state index contributed by atoms with van der Waals surface area (Å²) in [6.45, 7) is 1.66. The second-order valence-corrected chi connectivity index (χ2v) is 6.72. The van der Waals surface area contributed by atoms with E-state index in [1.807, 2.05) is 22.2 Å². The Bertz CT molecular complexity index is 711. The van der Waals surface area contributed by atoms with Gasteiger partial charge in [0.2, 0.25) is 5.91 Å². The maximum absolute atomic E-state index is 12.5. The number of hydrogen-bond donors (Lipinski definition) is 1. The Morgan fingerprint density at radius 2 is 2.45 bits per heavy atom. The highest BCUT2D eigenvalue weighted by atomic mass is 32.1. The lowest BCUT2D eigenvalue weighted by Gasteiger charge is -2.38. The van der Waals surface area contributed by atoms with Gasteiger partial charge in [-0.3, -0.25) is 9.20 Å². The first-order valence-electron chi connectivity index (χ1n) is 7.29. The van der Waals surface area contributed by atoms with Crippen molar-refractivity contribution in [1.82, 2.24) is 19.6 Å². The van der Waals surface area contributed by atoms with Gasteiger partial charge >= 0.3 is 6.09 Å². The molecule has 0 unspecified atom stereocenters. The van der Waals surface area contributed by atoms with Gasteiger partial charge in [0, 0.05) is 24.3 Å². The van der Waals surface area contributed by atoms with Crippen LogP contribution in [0.2, 0.25) is 0 Å². The molecule has 2 saturated heterocycles. The molecule has 116 valence electrons. The number of carbonyl (C=O) groups excluding carboxylic acids is 2. The van der Waals surface area contributed by atoms with Gasteiger partial charge in [-0.25, -0.2) is 9.78 Å². The molecular weight excluding hydrogens is 304 g/mol. The number of thiazole rings is 1.